The molecule has 1 spiro atoms. The van der Waals surface area contributed by atoms with E-state index in [0.717, 1.165) is 32.2 Å². The Morgan fingerprint density at radius 1 is 1.28 bits per heavy atom. The van der Waals surface area contributed by atoms with Crippen molar-refractivity contribution >= 4 is 11.8 Å². The van der Waals surface area contributed by atoms with Crippen molar-refractivity contribution in [2.24, 2.45) is 5.92 Å². The van der Waals surface area contributed by atoms with Crippen LogP contribution in [-0.4, -0.2) is 34.8 Å². The summed E-state index contributed by atoms with van der Waals surface area (Å²) in [5.74, 6) is 0.234. The Hall–Kier alpha value is -1.06. The molecule has 1 aliphatic heterocycles. The standard InChI is InChI=1S/C14H24N2O2/c1-4-11(17)15-12(10(2)3)13(18)16-9-5-6-14(16)7-8-14/h10,12H,4-9H2,1-3H3,(H,15,17)/t12-/m0/s1. The Kier molecular flexibility index (Phi) is 3.64. The predicted molar refractivity (Wildman–Crippen MR) is 70.0 cm³/mol. The first-order valence-electron chi connectivity index (χ1n) is 7.11. The van der Waals surface area contributed by atoms with Crippen LogP contribution in [0.2, 0.25) is 0 Å². The number of carbonyl (C=O) groups is 2. The average molecular weight is 252 g/mol. The van der Waals surface area contributed by atoms with Gasteiger partial charge in [0.05, 0.1) is 0 Å². The van der Waals surface area contributed by atoms with E-state index < -0.39 is 0 Å². The summed E-state index contributed by atoms with van der Waals surface area (Å²) in [4.78, 5) is 26.2. The van der Waals surface area contributed by atoms with Crippen LogP contribution >= 0.6 is 0 Å². The molecule has 1 N–H and O–H groups in total. The van der Waals surface area contributed by atoms with Gasteiger partial charge >= 0.3 is 0 Å². The fraction of sp³-hybridized carbons (Fsp3) is 0.857. The largest absolute Gasteiger partial charge is 0.344 e. The van der Waals surface area contributed by atoms with Crippen LogP contribution in [0.3, 0.4) is 0 Å². The Morgan fingerprint density at radius 2 is 1.94 bits per heavy atom. The van der Waals surface area contributed by atoms with Gasteiger partial charge in [0.1, 0.15) is 6.04 Å². The topological polar surface area (TPSA) is 49.4 Å². The summed E-state index contributed by atoms with van der Waals surface area (Å²) in [6.07, 6.45) is 4.97. The molecule has 2 aliphatic rings. The van der Waals surface area contributed by atoms with Crippen molar-refractivity contribution in [2.45, 2.75) is 64.5 Å². The Morgan fingerprint density at radius 3 is 2.44 bits per heavy atom. The molecular weight excluding hydrogens is 228 g/mol. The van der Waals surface area contributed by atoms with Crippen molar-refractivity contribution in [3.8, 4) is 0 Å². The summed E-state index contributed by atoms with van der Waals surface area (Å²) >= 11 is 0. The third kappa shape index (κ3) is 2.38. The highest BCUT2D eigenvalue weighted by Gasteiger charge is 2.53. The molecule has 0 aromatic rings. The van der Waals surface area contributed by atoms with E-state index in [-0.39, 0.29) is 29.3 Å². The van der Waals surface area contributed by atoms with Crippen molar-refractivity contribution in [3.05, 3.63) is 0 Å². The van der Waals surface area contributed by atoms with Gasteiger partial charge in [0.25, 0.3) is 0 Å². The number of amides is 2. The summed E-state index contributed by atoms with van der Waals surface area (Å²) in [7, 11) is 0. The number of nitrogens with zero attached hydrogens (tertiary/aromatic N) is 1. The van der Waals surface area contributed by atoms with Gasteiger partial charge in [-0.2, -0.15) is 0 Å². The van der Waals surface area contributed by atoms with Gasteiger partial charge in [-0.1, -0.05) is 20.8 Å². The summed E-state index contributed by atoms with van der Waals surface area (Å²) < 4.78 is 0. The van der Waals surface area contributed by atoms with E-state index in [9.17, 15) is 9.59 Å². The summed E-state index contributed by atoms with van der Waals surface area (Å²) in [5, 5.41) is 2.88. The van der Waals surface area contributed by atoms with E-state index in [1.807, 2.05) is 25.7 Å². The number of hydrogen-bond donors (Lipinski definition) is 1. The van der Waals surface area contributed by atoms with Crippen LogP contribution in [-0.2, 0) is 9.59 Å². The zero-order valence-corrected chi connectivity index (χ0v) is 11.7. The van der Waals surface area contributed by atoms with Crippen LogP contribution in [0.5, 0.6) is 0 Å². The minimum absolute atomic E-state index is 0.0360. The molecule has 0 aromatic heterocycles. The van der Waals surface area contributed by atoms with Gasteiger partial charge in [0.15, 0.2) is 0 Å². The van der Waals surface area contributed by atoms with Crippen LogP contribution in [0.25, 0.3) is 0 Å². The molecule has 1 saturated heterocycles. The van der Waals surface area contributed by atoms with Crippen molar-refractivity contribution in [1.29, 1.82) is 0 Å². The number of rotatable bonds is 4. The van der Waals surface area contributed by atoms with Crippen LogP contribution in [0.4, 0.5) is 0 Å². The second-order valence-electron chi connectivity index (χ2n) is 5.96. The lowest BCUT2D eigenvalue weighted by Gasteiger charge is -2.31. The molecule has 2 rings (SSSR count). The van der Waals surface area contributed by atoms with Gasteiger partial charge in [-0.15, -0.1) is 0 Å². The highest BCUT2D eigenvalue weighted by molar-refractivity contribution is 5.88. The van der Waals surface area contributed by atoms with E-state index in [2.05, 4.69) is 5.32 Å². The second-order valence-corrected chi connectivity index (χ2v) is 5.96. The lowest BCUT2D eigenvalue weighted by atomic mass is 10.0. The number of likely N-dealkylation sites (tertiary alicyclic amines) is 1. The molecule has 4 nitrogen and oxygen atoms in total. The monoisotopic (exact) mass is 252 g/mol. The molecular formula is C14H24N2O2. The van der Waals surface area contributed by atoms with E-state index in [1.165, 1.54) is 0 Å². The average Bonchev–Trinajstić information content (AvgIpc) is 2.97. The first-order chi connectivity index (χ1) is 8.50. The first-order valence-corrected chi connectivity index (χ1v) is 7.11. The number of hydrogen-bond acceptors (Lipinski definition) is 2. The molecule has 2 amide bonds. The molecule has 4 heteroatoms. The lowest BCUT2D eigenvalue weighted by molar-refractivity contribution is -0.139. The van der Waals surface area contributed by atoms with Crippen LogP contribution in [0.1, 0.15) is 52.9 Å². The SMILES string of the molecule is CCC(=O)N[C@H](C(=O)N1CCCC12CC2)C(C)C. The van der Waals surface area contributed by atoms with E-state index in [4.69, 9.17) is 0 Å². The molecule has 0 bridgehead atoms. The van der Waals surface area contributed by atoms with Gasteiger partial charge in [0, 0.05) is 18.5 Å². The maximum Gasteiger partial charge on any atom is 0.245 e. The van der Waals surface area contributed by atoms with Crippen LogP contribution < -0.4 is 5.32 Å². The second kappa shape index (κ2) is 4.90. The smallest absolute Gasteiger partial charge is 0.245 e. The van der Waals surface area contributed by atoms with Crippen molar-refractivity contribution < 1.29 is 9.59 Å². The maximum atomic E-state index is 12.6. The molecule has 102 valence electrons. The molecule has 2 fully saturated rings. The van der Waals surface area contributed by atoms with Gasteiger partial charge in [-0.05, 0) is 31.6 Å². The first kappa shape index (κ1) is 13.4. The zero-order chi connectivity index (χ0) is 13.3. The molecule has 18 heavy (non-hydrogen) atoms. The Bertz CT molecular complexity index is 348. The molecule has 0 aromatic carbocycles. The van der Waals surface area contributed by atoms with Crippen molar-refractivity contribution in [3.63, 3.8) is 0 Å². The van der Waals surface area contributed by atoms with E-state index in [1.54, 1.807) is 0 Å². The highest BCUT2D eigenvalue weighted by Crippen LogP contribution is 2.49. The predicted octanol–water partition coefficient (Wildman–Crippen LogP) is 1.69. The molecule has 1 heterocycles. The highest BCUT2D eigenvalue weighted by atomic mass is 16.2. The summed E-state index contributed by atoms with van der Waals surface area (Å²) in [6.45, 7) is 6.67. The molecule has 1 aliphatic carbocycles. The third-order valence-corrected chi connectivity index (χ3v) is 4.26. The normalized spacial score (nSPS) is 22.3. The van der Waals surface area contributed by atoms with Crippen LogP contribution in [0, 0.1) is 5.92 Å². The van der Waals surface area contributed by atoms with Gasteiger partial charge in [-0.3, -0.25) is 9.59 Å². The van der Waals surface area contributed by atoms with E-state index in [0.29, 0.717) is 6.42 Å². The van der Waals surface area contributed by atoms with Crippen LogP contribution in [0.15, 0.2) is 0 Å². The minimum atomic E-state index is -0.354. The molecule has 1 saturated carbocycles. The van der Waals surface area contributed by atoms with Crippen molar-refractivity contribution in [1.82, 2.24) is 10.2 Å². The van der Waals surface area contributed by atoms with Gasteiger partial charge in [-0.25, -0.2) is 0 Å². The quantitative estimate of drug-likeness (QED) is 0.827. The van der Waals surface area contributed by atoms with Gasteiger partial charge in [0.2, 0.25) is 11.8 Å². The van der Waals surface area contributed by atoms with Gasteiger partial charge < -0.3 is 10.2 Å². The summed E-state index contributed by atoms with van der Waals surface area (Å²) in [6, 6.07) is -0.354. The Labute approximate surface area is 109 Å². The molecule has 0 unspecified atom stereocenters. The minimum Gasteiger partial charge on any atom is -0.344 e. The zero-order valence-electron chi connectivity index (χ0n) is 11.7. The number of carbonyl (C=O) groups excluding carboxylic acids is 2. The fourth-order valence-corrected chi connectivity index (χ4v) is 2.90. The molecule has 1 atom stereocenters. The molecule has 0 radical (unpaired) electrons. The van der Waals surface area contributed by atoms with E-state index >= 15 is 0 Å². The third-order valence-electron chi connectivity index (χ3n) is 4.26. The van der Waals surface area contributed by atoms with Crippen molar-refractivity contribution in [2.75, 3.05) is 6.54 Å². The lowest BCUT2D eigenvalue weighted by Crippen LogP contribution is -2.53. The maximum absolute atomic E-state index is 12.6. The number of nitrogens with one attached hydrogen (secondary N) is 1. The fourth-order valence-electron chi connectivity index (χ4n) is 2.90. The summed E-state index contributed by atoms with van der Waals surface area (Å²) in [5.41, 5.74) is 0.168. The Balaban J connectivity index is 2.06.